The first kappa shape index (κ1) is 19.8. The van der Waals surface area contributed by atoms with Gasteiger partial charge >= 0.3 is 0 Å². The first-order chi connectivity index (χ1) is 12.8. The summed E-state index contributed by atoms with van der Waals surface area (Å²) in [7, 11) is -3.66. The molecule has 2 amide bonds. The van der Waals surface area contributed by atoms with Crippen molar-refractivity contribution in [3.8, 4) is 0 Å². The van der Waals surface area contributed by atoms with E-state index in [4.69, 9.17) is 10.5 Å². The van der Waals surface area contributed by atoms with E-state index in [2.05, 4.69) is 0 Å². The fraction of sp³-hybridized carbons (Fsp3) is 0.556. The van der Waals surface area contributed by atoms with Crippen LogP contribution in [0.1, 0.15) is 28.8 Å². The maximum Gasteiger partial charge on any atom is 0.254 e. The first-order valence-electron chi connectivity index (χ1n) is 9.08. The molecule has 2 fully saturated rings. The number of ether oxygens (including phenoxy) is 1. The number of nitrogens with two attached hydrogens (primary N) is 1. The zero-order valence-corrected chi connectivity index (χ0v) is 16.2. The van der Waals surface area contributed by atoms with Gasteiger partial charge in [-0.15, -0.1) is 0 Å². The highest BCUT2D eigenvalue weighted by Gasteiger charge is 2.30. The monoisotopic (exact) mass is 395 g/mol. The lowest BCUT2D eigenvalue weighted by Crippen LogP contribution is -2.42. The van der Waals surface area contributed by atoms with Crippen LogP contribution in [0.2, 0.25) is 0 Å². The minimum Gasteiger partial charge on any atom is -0.379 e. The van der Waals surface area contributed by atoms with Gasteiger partial charge in [0.25, 0.3) is 5.91 Å². The summed E-state index contributed by atoms with van der Waals surface area (Å²) in [4.78, 5) is 26.0. The van der Waals surface area contributed by atoms with E-state index in [9.17, 15) is 18.0 Å². The van der Waals surface area contributed by atoms with Crippen LogP contribution in [-0.2, 0) is 19.6 Å². The number of benzene rings is 1. The number of carbonyl (C=O) groups excluding carboxylic acids is 2. The lowest BCUT2D eigenvalue weighted by Gasteiger charge is -2.31. The molecule has 0 atom stereocenters. The molecular formula is C18H25N3O5S. The van der Waals surface area contributed by atoms with Crippen LogP contribution in [0.5, 0.6) is 0 Å². The van der Waals surface area contributed by atoms with Crippen molar-refractivity contribution < 1.29 is 22.7 Å². The summed E-state index contributed by atoms with van der Waals surface area (Å²) >= 11 is 0. The van der Waals surface area contributed by atoms with Crippen LogP contribution in [0.25, 0.3) is 0 Å². The van der Waals surface area contributed by atoms with Gasteiger partial charge in [0.05, 0.1) is 18.1 Å². The van der Waals surface area contributed by atoms with Gasteiger partial charge in [-0.3, -0.25) is 9.59 Å². The van der Waals surface area contributed by atoms with E-state index in [1.807, 2.05) is 0 Å². The molecule has 1 aromatic rings. The third-order valence-electron chi connectivity index (χ3n) is 5.23. The summed E-state index contributed by atoms with van der Waals surface area (Å²) < 4.78 is 32.3. The van der Waals surface area contributed by atoms with Gasteiger partial charge in [0.15, 0.2) is 0 Å². The minimum absolute atomic E-state index is 0.116. The van der Waals surface area contributed by atoms with Crippen molar-refractivity contribution in [2.24, 2.45) is 11.7 Å². The van der Waals surface area contributed by atoms with Crippen LogP contribution in [0.4, 0.5) is 0 Å². The largest absolute Gasteiger partial charge is 0.379 e. The second kappa shape index (κ2) is 7.95. The number of likely N-dealkylation sites (tertiary alicyclic amines) is 1. The molecule has 8 nitrogen and oxygen atoms in total. The Morgan fingerprint density at radius 2 is 1.74 bits per heavy atom. The predicted octanol–water partition coefficient (Wildman–Crippen LogP) is 0.353. The van der Waals surface area contributed by atoms with Crippen molar-refractivity contribution in [1.82, 2.24) is 9.21 Å². The van der Waals surface area contributed by atoms with Crippen molar-refractivity contribution in [3.63, 3.8) is 0 Å². The Bertz CT molecular complexity index is 825. The van der Waals surface area contributed by atoms with Gasteiger partial charge in [0.2, 0.25) is 15.9 Å². The molecule has 0 aromatic heterocycles. The molecule has 1 aromatic carbocycles. The van der Waals surface area contributed by atoms with E-state index in [1.54, 1.807) is 17.9 Å². The highest BCUT2D eigenvalue weighted by molar-refractivity contribution is 7.89. The molecule has 9 heteroatoms. The molecule has 0 bridgehead atoms. The van der Waals surface area contributed by atoms with Crippen LogP contribution < -0.4 is 5.73 Å². The minimum atomic E-state index is -3.66. The molecule has 3 rings (SSSR count). The number of sulfonamides is 1. The zero-order valence-electron chi connectivity index (χ0n) is 15.4. The van der Waals surface area contributed by atoms with Gasteiger partial charge in [-0.2, -0.15) is 4.31 Å². The summed E-state index contributed by atoms with van der Waals surface area (Å²) in [5.41, 5.74) is 6.44. The topological polar surface area (TPSA) is 110 Å². The number of nitrogens with zero attached hydrogens (tertiary/aromatic N) is 2. The van der Waals surface area contributed by atoms with Crippen molar-refractivity contribution in [3.05, 3.63) is 29.3 Å². The number of hydrogen-bond donors (Lipinski definition) is 1. The van der Waals surface area contributed by atoms with Crippen LogP contribution in [0, 0.1) is 12.8 Å². The number of primary amides is 1. The molecular weight excluding hydrogens is 370 g/mol. The number of piperidine rings is 1. The lowest BCUT2D eigenvalue weighted by molar-refractivity contribution is -0.123. The zero-order chi connectivity index (χ0) is 19.6. The quantitative estimate of drug-likeness (QED) is 0.791. The van der Waals surface area contributed by atoms with Crippen LogP contribution in [0.15, 0.2) is 23.1 Å². The van der Waals surface area contributed by atoms with Gasteiger partial charge in [0, 0.05) is 37.7 Å². The van der Waals surface area contributed by atoms with E-state index in [0.717, 1.165) is 5.56 Å². The Hall–Kier alpha value is -1.97. The number of carbonyl (C=O) groups is 2. The van der Waals surface area contributed by atoms with E-state index >= 15 is 0 Å². The molecule has 2 heterocycles. The van der Waals surface area contributed by atoms with E-state index in [1.165, 1.54) is 16.4 Å². The Morgan fingerprint density at radius 1 is 1.11 bits per heavy atom. The summed E-state index contributed by atoms with van der Waals surface area (Å²) in [5, 5.41) is 0. The molecule has 2 aliphatic heterocycles. The molecule has 0 unspecified atom stereocenters. The molecule has 0 spiro atoms. The molecule has 2 saturated heterocycles. The average molecular weight is 395 g/mol. The van der Waals surface area contributed by atoms with Crippen molar-refractivity contribution in [1.29, 1.82) is 0 Å². The molecule has 0 aliphatic carbocycles. The molecule has 2 aliphatic rings. The van der Waals surface area contributed by atoms with Crippen molar-refractivity contribution >= 4 is 21.8 Å². The van der Waals surface area contributed by atoms with Crippen LogP contribution in [0.3, 0.4) is 0 Å². The van der Waals surface area contributed by atoms with E-state index in [0.29, 0.717) is 57.8 Å². The number of aryl methyl sites for hydroxylation is 1. The van der Waals surface area contributed by atoms with Crippen molar-refractivity contribution in [2.75, 3.05) is 39.4 Å². The predicted molar refractivity (Wildman–Crippen MR) is 98.6 cm³/mol. The van der Waals surface area contributed by atoms with Crippen LogP contribution in [-0.4, -0.2) is 68.8 Å². The highest BCUT2D eigenvalue weighted by atomic mass is 32.2. The maximum atomic E-state index is 12.9. The summed E-state index contributed by atoms with van der Waals surface area (Å²) in [6, 6.07) is 4.66. The summed E-state index contributed by atoms with van der Waals surface area (Å²) in [6.07, 6.45) is 1.07. The number of amides is 2. The standard InChI is InChI=1S/C18H25N3O5S/c1-13-2-3-15(27(24,25)21-8-10-26-11-9-21)12-16(13)18(23)20-6-4-14(5-7-20)17(19)22/h2-3,12,14H,4-11H2,1H3,(H2,19,22). The van der Waals surface area contributed by atoms with Gasteiger partial charge in [0.1, 0.15) is 0 Å². The molecule has 148 valence electrons. The van der Waals surface area contributed by atoms with Crippen LogP contribution >= 0.6 is 0 Å². The molecule has 0 radical (unpaired) electrons. The third kappa shape index (κ3) is 4.15. The smallest absolute Gasteiger partial charge is 0.254 e. The SMILES string of the molecule is Cc1ccc(S(=O)(=O)N2CCOCC2)cc1C(=O)N1CCC(C(N)=O)CC1. The normalized spacial score (nSPS) is 19.8. The van der Waals surface area contributed by atoms with E-state index < -0.39 is 10.0 Å². The lowest BCUT2D eigenvalue weighted by atomic mass is 9.95. The fourth-order valence-electron chi connectivity index (χ4n) is 3.47. The number of rotatable bonds is 4. The average Bonchev–Trinajstić information content (AvgIpc) is 2.68. The third-order valence-corrected chi connectivity index (χ3v) is 7.13. The first-order valence-corrected chi connectivity index (χ1v) is 10.5. The molecule has 27 heavy (non-hydrogen) atoms. The second-order valence-electron chi connectivity index (χ2n) is 6.96. The molecule has 2 N–H and O–H groups in total. The number of hydrogen-bond acceptors (Lipinski definition) is 5. The van der Waals surface area contributed by atoms with Gasteiger partial charge in [-0.25, -0.2) is 8.42 Å². The Balaban J connectivity index is 1.81. The molecule has 0 saturated carbocycles. The number of morpholine rings is 1. The Labute approximate surface area is 159 Å². The maximum absolute atomic E-state index is 12.9. The van der Waals surface area contributed by atoms with Crippen molar-refractivity contribution in [2.45, 2.75) is 24.7 Å². The van der Waals surface area contributed by atoms with Gasteiger partial charge in [-0.1, -0.05) is 6.07 Å². The fourth-order valence-corrected chi connectivity index (χ4v) is 4.90. The summed E-state index contributed by atoms with van der Waals surface area (Å²) in [5.74, 6) is -0.755. The van der Waals surface area contributed by atoms with Gasteiger partial charge in [-0.05, 0) is 37.5 Å². The Kier molecular flexibility index (Phi) is 5.83. The highest BCUT2D eigenvalue weighted by Crippen LogP contribution is 2.24. The second-order valence-corrected chi connectivity index (χ2v) is 8.90. The van der Waals surface area contributed by atoms with E-state index in [-0.39, 0.29) is 22.6 Å². The summed E-state index contributed by atoms with van der Waals surface area (Å²) in [6.45, 7) is 4.00. The van der Waals surface area contributed by atoms with Gasteiger partial charge < -0.3 is 15.4 Å². The Morgan fingerprint density at radius 3 is 2.33 bits per heavy atom.